The number of carbonyl (C=O) groups excluding carboxylic acids is 1. The molecule has 3 fully saturated rings. The van der Waals surface area contributed by atoms with Gasteiger partial charge in [0.25, 0.3) is 0 Å². The summed E-state index contributed by atoms with van der Waals surface area (Å²) in [7, 11) is 1.62. The van der Waals surface area contributed by atoms with E-state index in [4.69, 9.17) is 14.0 Å². The molecule has 3 aliphatic rings. The maximum absolute atomic E-state index is 12.5. The Labute approximate surface area is 160 Å². The van der Waals surface area contributed by atoms with Gasteiger partial charge in [-0.3, -0.25) is 9.69 Å². The van der Waals surface area contributed by atoms with E-state index < -0.39 is 0 Å². The maximum Gasteiger partial charge on any atom is 0.240 e. The number of rotatable bonds is 6. The first-order chi connectivity index (χ1) is 13.2. The first-order valence-corrected chi connectivity index (χ1v) is 10.1. The third kappa shape index (κ3) is 4.50. The van der Waals surface area contributed by atoms with Gasteiger partial charge >= 0.3 is 0 Å². The van der Waals surface area contributed by atoms with E-state index in [0.717, 1.165) is 39.0 Å². The fourth-order valence-corrected chi connectivity index (χ4v) is 4.30. The summed E-state index contributed by atoms with van der Waals surface area (Å²) in [4.78, 5) is 21.2. The molecule has 150 valence electrons. The SMILES string of the molecule is COCc1noc(CN2CCC3(CC2)CN(CC2CCC2)C(=O)CCO3)n1. The summed E-state index contributed by atoms with van der Waals surface area (Å²) in [5.41, 5.74) is -0.192. The van der Waals surface area contributed by atoms with Gasteiger partial charge in [0, 0.05) is 33.3 Å². The van der Waals surface area contributed by atoms with Crippen molar-refractivity contribution in [1.82, 2.24) is 19.9 Å². The minimum absolute atomic E-state index is 0.192. The molecule has 0 N–H and O–H groups in total. The molecule has 0 bridgehead atoms. The number of likely N-dealkylation sites (tertiary alicyclic amines) is 1. The van der Waals surface area contributed by atoms with Gasteiger partial charge in [-0.2, -0.15) is 4.98 Å². The summed E-state index contributed by atoms with van der Waals surface area (Å²) < 4.78 is 16.6. The molecule has 0 atom stereocenters. The van der Waals surface area contributed by atoms with Crippen molar-refractivity contribution in [2.24, 2.45) is 5.92 Å². The van der Waals surface area contributed by atoms with Gasteiger partial charge in [-0.1, -0.05) is 11.6 Å². The highest BCUT2D eigenvalue weighted by molar-refractivity contribution is 5.76. The highest BCUT2D eigenvalue weighted by Crippen LogP contribution is 2.33. The Balaban J connectivity index is 1.32. The summed E-state index contributed by atoms with van der Waals surface area (Å²) in [6, 6.07) is 0. The normalized spacial score (nSPS) is 24.2. The zero-order valence-electron chi connectivity index (χ0n) is 16.2. The number of methoxy groups -OCH3 is 1. The molecule has 1 aromatic rings. The summed E-state index contributed by atoms with van der Waals surface area (Å²) in [5, 5.41) is 3.92. The average molecular weight is 378 g/mol. The standard InChI is InChI=1S/C19H30N4O4/c1-25-13-16-20-17(27-21-16)12-22-8-6-19(7-9-22)14-23(11-15-3-2-4-15)18(24)5-10-26-19/h15H,2-14H2,1H3. The molecule has 27 heavy (non-hydrogen) atoms. The van der Waals surface area contributed by atoms with Crippen molar-refractivity contribution in [3.05, 3.63) is 11.7 Å². The predicted molar refractivity (Wildman–Crippen MR) is 96.7 cm³/mol. The fraction of sp³-hybridized carbons (Fsp3) is 0.842. The van der Waals surface area contributed by atoms with Gasteiger partial charge in [0.05, 0.1) is 25.2 Å². The van der Waals surface area contributed by atoms with Crippen LogP contribution in [-0.4, -0.2) is 71.3 Å². The monoisotopic (exact) mass is 378 g/mol. The van der Waals surface area contributed by atoms with Crippen LogP contribution in [-0.2, 0) is 27.4 Å². The highest BCUT2D eigenvalue weighted by Gasteiger charge is 2.41. The number of hydrogen-bond acceptors (Lipinski definition) is 7. The molecule has 0 radical (unpaired) electrons. The van der Waals surface area contributed by atoms with E-state index in [2.05, 4.69) is 19.9 Å². The van der Waals surface area contributed by atoms with Gasteiger partial charge in [-0.05, 0) is 31.6 Å². The zero-order valence-corrected chi connectivity index (χ0v) is 16.2. The van der Waals surface area contributed by atoms with Crippen LogP contribution in [0.4, 0.5) is 0 Å². The van der Waals surface area contributed by atoms with Crippen LogP contribution >= 0.6 is 0 Å². The van der Waals surface area contributed by atoms with Gasteiger partial charge in [0.1, 0.15) is 6.61 Å². The van der Waals surface area contributed by atoms with Crippen LogP contribution in [0, 0.1) is 5.92 Å². The van der Waals surface area contributed by atoms with Gasteiger partial charge in [0.2, 0.25) is 11.8 Å². The van der Waals surface area contributed by atoms with Crippen LogP contribution in [0.5, 0.6) is 0 Å². The fourth-order valence-electron chi connectivity index (χ4n) is 4.30. The predicted octanol–water partition coefficient (Wildman–Crippen LogP) is 1.60. The quantitative estimate of drug-likeness (QED) is 0.744. The van der Waals surface area contributed by atoms with Crippen molar-refractivity contribution in [3.63, 3.8) is 0 Å². The van der Waals surface area contributed by atoms with Crippen molar-refractivity contribution >= 4 is 5.91 Å². The Hall–Kier alpha value is -1.51. The molecular formula is C19H30N4O4. The van der Waals surface area contributed by atoms with Crippen LogP contribution < -0.4 is 0 Å². The molecule has 2 aliphatic heterocycles. The lowest BCUT2D eigenvalue weighted by atomic mass is 9.84. The molecule has 1 aliphatic carbocycles. The second-order valence-corrected chi connectivity index (χ2v) is 8.17. The molecule has 8 nitrogen and oxygen atoms in total. The van der Waals surface area contributed by atoms with E-state index in [-0.39, 0.29) is 11.5 Å². The number of ether oxygens (including phenoxy) is 2. The van der Waals surface area contributed by atoms with E-state index in [0.29, 0.717) is 43.8 Å². The molecule has 4 rings (SSSR count). The third-order valence-corrected chi connectivity index (χ3v) is 6.17. The zero-order chi connectivity index (χ0) is 18.7. The maximum atomic E-state index is 12.5. The van der Waals surface area contributed by atoms with Crippen molar-refractivity contribution in [2.45, 2.75) is 57.3 Å². The number of amides is 1. The Kier molecular flexibility index (Phi) is 5.75. The summed E-state index contributed by atoms with van der Waals surface area (Å²) in [6.07, 6.45) is 6.22. The molecule has 1 aromatic heterocycles. The van der Waals surface area contributed by atoms with E-state index in [1.807, 2.05) is 0 Å². The molecule has 8 heteroatoms. The number of aromatic nitrogens is 2. The second-order valence-electron chi connectivity index (χ2n) is 8.17. The summed E-state index contributed by atoms with van der Waals surface area (Å²) >= 11 is 0. The third-order valence-electron chi connectivity index (χ3n) is 6.17. The van der Waals surface area contributed by atoms with E-state index >= 15 is 0 Å². The molecular weight excluding hydrogens is 348 g/mol. The van der Waals surface area contributed by atoms with E-state index in [9.17, 15) is 4.79 Å². The Morgan fingerprint density at radius 1 is 1.30 bits per heavy atom. The molecule has 1 amide bonds. The summed E-state index contributed by atoms with van der Waals surface area (Å²) in [6.45, 7) is 5.04. The molecule has 2 saturated heterocycles. The van der Waals surface area contributed by atoms with Gasteiger partial charge < -0.3 is 18.9 Å². The lowest BCUT2D eigenvalue weighted by molar-refractivity contribution is -0.133. The van der Waals surface area contributed by atoms with Gasteiger partial charge in [-0.15, -0.1) is 0 Å². The number of nitrogens with zero attached hydrogens (tertiary/aromatic N) is 4. The first-order valence-electron chi connectivity index (χ1n) is 10.1. The molecule has 3 heterocycles. The highest BCUT2D eigenvalue weighted by atomic mass is 16.5. The molecule has 1 saturated carbocycles. The topological polar surface area (TPSA) is 80.9 Å². The minimum Gasteiger partial charge on any atom is -0.377 e. The van der Waals surface area contributed by atoms with E-state index in [1.165, 1.54) is 19.3 Å². The van der Waals surface area contributed by atoms with Crippen molar-refractivity contribution in [3.8, 4) is 0 Å². The largest absolute Gasteiger partial charge is 0.377 e. The molecule has 0 aromatic carbocycles. The van der Waals surface area contributed by atoms with Crippen LogP contribution in [0.2, 0.25) is 0 Å². The van der Waals surface area contributed by atoms with Crippen molar-refractivity contribution < 1.29 is 18.8 Å². The van der Waals surface area contributed by atoms with Crippen LogP contribution in [0.1, 0.15) is 50.2 Å². The van der Waals surface area contributed by atoms with Crippen LogP contribution in [0.15, 0.2) is 4.52 Å². The van der Waals surface area contributed by atoms with Crippen LogP contribution in [0.25, 0.3) is 0 Å². The average Bonchev–Trinajstić information content (AvgIpc) is 3.00. The van der Waals surface area contributed by atoms with Gasteiger partial charge in [-0.25, -0.2) is 0 Å². The Morgan fingerprint density at radius 2 is 2.11 bits per heavy atom. The lowest BCUT2D eigenvalue weighted by Crippen LogP contribution is -2.52. The molecule has 0 unspecified atom stereocenters. The van der Waals surface area contributed by atoms with Crippen molar-refractivity contribution in [2.75, 3.05) is 39.9 Å². The second kappa shape index (κ2) is 8.24. The number of piperidine rings is 1. The first kappa shape index (κ1) is 18.8. The van der Waals surface area contributed by atoms with Crippen molar-refractivity contribution in [1.29, 1.82) is 0 Å². The van der Waals surface area contributed by atoms with E-state index in [1.54, 1.807) is 7.11 Å². The van der Waals surface area contributed by atoms with Crippen LogP contribution in [0.3, 0.4) is 0 Å². The number of hydrogen-bond donors (Lipinski definition) is 0. The summed E-state index contributed by atoms with van der Waals surface area (Å²) in [5.74, 6) is 2.17. The smallest absolute Gasteiger partial charge is 0.240 e. The number of carbonyl (C=O) groups is 1. The Bertz CT molecular complexity index is 637. The molecule has 1 spiro atoms. The van der Waals surface area contributed by atoms with Gasteiger partial charge in [0.15, 0.2) is 5.82 Å². The minimum atomic E-state index is -0.192. The lowest BCUT2D eigenvalue weighted by Gasteiger charge is -2.43. The Morgan fingerprint density at radius 3 is 2.81 bits per heavy atom.